The minimum atomic E-state index is -1.39. The van der Waals surface area contributed by atoms with Crippen LogP contribution in [0.15, 0.2) is 0 Å². The van der Waals surface area contributed by atoms with E-state index in [1.807, 2.05) is 0 Å². The highest BCUT2D eigenvalue weighted by atomic mass is 28.3. The van der Waals surface area contributed by atoms with Crippen molar-refractivity contribution in [1.29, 1.82) is 0 Å². The van der Waals surface area contributed by atoms with Gasteiger partial charge in [-0.25, -0.2) is 4.79 Å². The monoisotopic (exact) mass is 186 g/mol. The van der Waals surface area contributed by atoms with Gasteiger partial charge in [-0.15, -0.1) is 5.54 Å². The lowest BCUT2D eigenvalue weighted by Crippen LogP contribution is -2.64. The van der Waals surface area contributed by atoms with Crippen molar-refractivity contribution in [3.05, 3.63) is 0 Å². The summed E-state index contributed by atoms with van der Waals surface area (Å²) in [5, 5.41) is 0. The molecule has 0 saturated heterocycles. The molecule has 3 nitrogen and oxygen atoms in total. The van der Waals surface area contributed by atoms with Crippen molar-refractivity contribution in [2.24, 2.45) is 0 Å². The van der Waals surface area contributed by atoms with Gasteiger partial charge in [-0.2, -0.15) is 0 Å². The number of rotatable bonds is 1. The van der Waals surface area contributed by atoms with E-state index >= 15 is 0 Å². The Labute approximate surface area is 74.3 Å². The van der Waals surface area contributed by atoms with Crippen molar-refractivity contribution in [3.63, 3.8) is 0 Å². The van der Waals surface area contributed by atoms with Crippen LogP contribution in [0.4, 0.5) is 0 Å². The molecule has 0 aliphatic carbocycles. The van der Waals surface area contributed by atoms with Gasteiger partial charge in [0.15, 0.2) is 0 Å². The number of ether oxygens (including phenoxy) is 1. The molecule has 0 bridgehead atoms. The van der Waals surface area contributed by atoms with Crippen LogP contribution < -0.4 is 5.73 Å². The molecule has 4 heteroatoms. The molecule has 0 saturated carbocycles. The highest BCUT2D eigenvalue weighted by Gasteiger charge is 2.15. The Morgan fingerprint density at radius 1 is 1.50 bits per heavy atom. The van der Waals surface area contributed by atoms with Gasteiger partial charge < -0.3 is 10.5 Å². The first-order chi connectivity index (χ1) is 5.37. The molecule has 0 rings (SSSR count). The Kier molecular flexibility index (Phi) is 4.00. The summed E-state index contributed by atoms with van der Waals surface area (Å²) < 4.78 is 4.49. The van der Waals surface area contributed by atoms with E-state index in [1.54, 1.807) is 0 Å². The van der Waals surface area contributed by atoms with Gasteiger partial charge in [0.2, 0.25) is 6.04 Å². The summed E-state index contributed by atoms with van der Waals surface area (Å²) in [5.41, 5.74) is 6.65. The van der Waals surface area contributed by atoms with Gasteiger partial charge in [0.05, 0.1) is 7.11 Å². The van der Waals surface area contributed by atoms with E-state index in [0.717, 1.165) is 0 Å². The van der Waals surface area contributed by atoms with Gasteiger partial charge >= 0.3 is 5.97 Å². The third-order valence-corrected chi connectivity index (χ3v) is 2.00. The van der Waals surface area contributed by atoms with Crippen LogP contribution in [0.2, 0.25) is 19.6 Å². The zero-order valence-corrected chi connectivity index (χ0v) is 9.10. The van der Waals surface area contributed by atoms with Gasteiger partial charge in [-0.1, -0.05) is 19.6 Å². The Morgan fingerprint density at radius 3 is 2.33 bits per heavy atom. The van der Waals surface area contributed by atoms with Gasteiger partial charge in [0.25, 0.3) is 0 Å². The number of hydrogen-bond donors (Lipinski definition) is 1. The van der Waals surface area contributed by atoms with Gasteiger partial charge in [0, 0.05) is 0 Å². The first-order valence-corrected chi connectivity index (χ1v) is 7.30. The molecule has 1 unspecified atom stereocenters. The summed E-state index contributed by atoms with van der Waals surface area (Å²) in [7, 11) is -0.0435. The van der Waals surface area contributed by atoms with Crippen LogP contribution in [-0.4, -0.2) is 27.2 Å². The van der Waals surface area contributed by atoms with Gasteiger partial charge in [0.1, 0.15) is 8.07 Å². The summed E-state index contributed by atoms with van der Waals surface area (Å²) in [4.78, 5) is 10.9. The minimum Gasteiger partial charge on any atom is -0.464 e. The lowest BCUT2D eigenvalue weighted by atomic mass is 10.3. The first-order valence-electron chi connectivity index (χ1n) is 3.80. The Morgan fingerprint density at radius 2 is 2.00 bits per heavy atom. The zero-order chi connectivity index (χ0) is 9.78. The van der Waals surface area contributed by atoms with E-state index in [-0.39, 0.29) is 5.97 Å². The van der Waals surface area contributed by atoms with E-state index in [9.17, 15) is 4.79 Å². The number of hydrogen-bond acceptors (Lipinski definition) is 2. The van der Waals surface area contributed by atoms with Crippen molar-refractivity contribution < 1.29 is 15.3 Å². The average Bonchev–Trinajstić information content (AvgIpc) is 1.97. The SMILES string of the molecule is COC(=O)C([NH3+])C#C[Si](C)(C)C. The molecular weight excluding hydrogens is 170 g/mol. The van der Waals surface area contributed by atoms with E-state index in [0.29, 0.717) is 0 Å². The molecule has 0 aliphatic heterocycles. The average molecular weight is 186 g/mol. The number of esters is 1. The van der Waals surface area contributed by atoms with Crippen molar-refractivity contribution in [1.82, 2.24) is 0 Å². The Bertz CT molecular complexity index is 221. The second kappa shape index (κ2) is 4.29. The number of quaternary nitrogens is 1. The number of carbonyl (C=O) groups excluding carboxylic acids is 1. The molecule has 1 atom stereocenters. The predicted molar refractivity (Wildman–Crippen MR) is 49.8 cm³/mol. The molecule has 0 aromatic rings. The summed E-state index contributed by atoms with van der Waals surface area (Å²) in [6.07, 6.45) is 0. The third-order valence-electron chi connectivity index (χ3n) is 1.11. The molecule has 0 heterocycles. The van der Waals surface area contributed by atoms with Crippen LogP contribution in [-0.2, 0) is 9.53 Å². The highest BCUT2D eigenvalue weighted by molar-refractivity contribution is 6.83. The van der Waals surface area contributed by atoms with Crippen LogP contribution in [0.5, 0.6) is 0 Å². The fraction of sp³-hybridized carbons (Fsp3) is 0.625. The highest BCUT2D eigenvalue weighted by Crippen LogP contribution is 1.96. The van der Waals surface area contributed by atoms with Crippen molar-refractivity contribution in [2.45, 2.75) is 25.7 Å². The van der Waals surface area contributed by atoms with Crippen LogP contribution in [0, 0.1) is 11.5 Å². The molecule has 12 heavy (non-hydrogen) atoms. The zero-order valence-electron chi connectivity index (χ0n) is 8.10. The minimum absolute atomic E-state index is 0.360. The molecule has 0 aromatic heterocycles. The maximum absolute atomic E-state index is 10.9. The normalized spacial score (nSPS) is 12.8. The van der Waals surface area contributed by atoms with E-state index in [4.69, 9.17) is 0 Å². The molecule has 0 radical (unpaired) electrons. The number of methoxy groups -OCH3 is 1. The molecule has 0 fully saturated rings. The van der Waals surface area contributed by atoms with Gasteiger partial charge in [-0.05, 0) is 5.92 Å². The van der Waals surface area contributed by atoms with Crippen molar-refractivity contribution >= 4 is 14.0 Å². The fourth-order valence-corrected chi connectivity index (χ4v) is 1.11. The molecular formula is C8H16NO2Si+. The summed E-state index contributed by atoms with van der Waals surface area (Å²) in [5.74, 6) is 2.44. The van der Waals surface area contributed by atoms with E-state index < -0.39 is 14.1 Å². The van der Waals surface area contributed by atoms with Crippen LogP contribution in [0.1, 0.15) is 0 Å². The second-order valence-electron chi connectivity index (χ2n) is 3.60. The van der Waals surface area contributed by atoms with Crippen LogP contribution in [0.25, 0.3) is 0 Å². The molecule has 3 N–H and O–H groups in total. The standard InChI is InChI=1S/C8H15NO2Si/c1-11-8(10)7(9)5-6-12(2,3)4/h7H,9H2,1-4H3/p+1. The van der Waals surface area contributed by atoms with Crippen LogP contribution in [0.3, 0.4) is 0 Å². The molecule has 0 spiro atoms. The number of carbonyl (C=O) groups is 1. The molecule has 0 amide bonds. The summed E-state index contributed by atoms with van der Waals surface area (Å²) in [6, 6.07) is -0.540. The Balaban J connectivity index is 4.23. The Hall–Kier alpha value is -0.793. The first kappa shape index (κ1) is 11.2. The van der Waals surface area contributed by atoms with Crippen LogP contribution >= 0.6 is 0 Å². The van der Waals surface area contributed by atoms with Gasteiger partial charge in [-0.3, -0.25) is 0 Å². The summed E-state index contributed by atoms with van der Waals surface area (Å²) in [6.45, 7) is 6.35. The fourth-order valence-electron chi connectivity index (χ4n) is 0.505. The second-order valence-corrected chi connectivity index (χ2v) is 8.35. The topological polar surface area (TPSA) is 53.9 Å². The predicted octanol–water partition coefficient (Wildman–Crippen LogP) is -0.349. The lowest BCUT2D eigenvalue weighted by molar-refractivity contribution is -0.389. The smallest absolute Gasteiger partial charge is 0.377 e. The van der Waals surface area contributed by atoms with E-state index in [2.05, 4.69) is 41.6 Å². The lowest BCUT2D eigenvalue weighted by Gasteiger charge is -2.04. The largest absolute Gasteiger partial charge is 0.464 e. The maximum atomic E-state index is 10.9. The maximum Gasteiger partial charge on any atom is 0.377 e. The third kappa shape index (κ3) is 4.94. The van der Waals surface area contributed by atoms with E-state index in [1.165, 1.54) is 7.11 Å². The molecule has 0 aromatic carbocycles. The molecule has 68 valence electrons. The quantitative estimate of drug-likeness (QED) is 0.346. The van der Waals surface area contributed by atoms with Crippen molar-refractivity contribution in [2.75, 3.05) is 7.11 Å². The van der Waals surface area contributed by atoms with Crippen molar-refractivity contribution in [3.8, 4) is 11.5 Å². The summed E-state index contributed by atoms with van der Waals surface area (Å²) >= 11 is 0. The molecule has 0 aliphatic rings.